The molecule has 0 spiro atoms. The molecular weight excluding hydrogens is 344 g/mol. The van der Waals surface area contributed by atoms with Gasteiger partial charge in [0.2, 0.25) is 10.0 Å². The number of hydrogen-bond acceptors (Lipinski definition) is 3. The van der Waals surface area contributed by atoms with Crippen molar-refractivity contribution >= 4 is 15.7 Å². The minimum atomic E-state index is -3.54. The van der Waals surface area contributed by atoms with E-state index in [0.717, 1.165) is 22.4 Å². The third kappa shape index (κ3) is 4.31. The topological polar surface area (TPSA) is 49.4 Å². The van der Waals surface area contributed by atoms with E-state index in [0.29, 0.717) is 0 Å². The standard InChI is InChI=1S/C21H22N2O2S/c1-23(2)20-12-8-17(9-13-20)16-22-26(24,25)21-14-10-19(11-15-21)18-6-4-3-5-7-18/h3-15,22H,16H2,1-2H3. The third-order valence-electron chi connectivity index (χ3n) is 4.19. The Morgan fingerprint density at radius 3 is 1.92 bits per heavy atom. The average Bonchev–Trinajstić information content (AvgIpc) is 2.67. The van der Waals surface area contributed by atoms with Crippen molar-refractivity contribution in [2.24, 2.45) is 0 Å². The van der Waals surface area contributed by atoms with Crippen LogP contribution >= 0.6 is 0 Å². The van der Waals surface area contributed by atoms with Gasteiger partial charge in [0.05, 0.1) is 4.90 Å². The fourth-order valence-electron chi connectivity index (χ4n) is 2.63. The van der Waals surface area contributed by atoms with Crippen molar-refractivity contribution in [2.45, 2.75) is 11.4 Å². The highest BCUT2D eigenvalue weighted by Crippen LogP contribution is 2.21. The molecule has 4 nitrogen and oxygen atoms in total. The van der Waals surface area contributed by atoms with E-state index in [2.05, 4.69) is 4.72 Å². The molecule has 134 valence electrons. The Morgan fingerprint density at radius 1 is 0.769 bits per heavy atom. The van der Waals surface area contributed by atoms with Gasteiger partial charge in [-0.15, -0.1) is 0 Å². The van der Waals surface area contributed by atoms with Crippen LogP contribution in [0.5, 0.6) is 0 Å². The van der Waals surface area contributed by atoms with Gasteiger partial charge in [0.25, 0.3) is 0 Å². The molecule has 3 rings (SSSR count). The van der Waals surface area contributed by atoms with E-state index in [1.165, 1.54) is 0 Å². The fraction of sp³-hybridized carbons (Fsp3) is 0.143. The predicted molar refractivity (Wildman–Crippen MR) is 107 cm³/mol. The van der Waals surface area contributed by atoms with E-state index < -0.39 is 10.0 Å². The maximum atomic E-state index is 12.5. The quantitative estimate of drug-likeness (QED) is 0.720. The number of hydrogen-bond donors (Lipinski definition) is 1. The van der Waals surface area contributed by atoms with Gasteiger partial charge in [-0.1, -0.05) is 54.6 Å². The number of nitrogens with zero attached hydrogens (tertiary/aromatic N) is 1. The van der Waals surface area contributed by atoms with Crippen LogP contribution < -0.4 is 9.62 Å². The van der Waals surface area contributed by atoms with Gasteiger partial charge in [0, 0.05) is 26.3 Å². The van der Waals surface area contributed by atoms with E-state index in [-0.39, 0.29) is 11.4 Å². The summed E-state index contributed by atoms with van der Waals surface area (Å²) < 4.78 is 27.7. The zero-order valence-electron chi connectivity index (χ0n) is 14.9. The second-order valence-electron chi connectivity index (χ2n) is 6.28. The molecule has 1 N–H and O–H groups in total. The maximum absolute atomic E-state index is 12.5. The maximum Gasteiger partial charge on any atom is 0.240 e. The Labute approximate surface area is 155 Å². The summed E-state index contributed by atoms with van der Waals surface area (Å²) in [5, 5.41) is 0. The lowest BCUT2D eigenvalue weighted by Gasteiger charge is -2.13. The van der Waals surface area contributed by atoms with Gasteiger partial charge in [0.1, 0.15) is 0 Å². The van der Waals surface area contributed by atoms with Gasteiger partial charge in [-0.25, -0.2) is 13.1 Å². The Hall–Kier alpha value is -2.63. The molecule has 0 aliphatic rings. The summed E-state index contributed by atoms with van der Waals surface area (Å²) >= 11 is 0. The van der Waals surface area contributed by atoms with Gasteiger partial charge < -0.3 is 4.90 Å². The Morgan fingerprint density at radius 2 is 1.35 bits per heavy atom. The van der Waals surface area contributed by atoms with Crippen molar-refractivity contribution in [3.05, 3.63) is 84.4 Å². The number of sulfonamides is 1. The Balaban J connectivity index is 1.70. The molecule has 0 fully saturated rings. The summed E-state index contributed by atoms with van der Waals surface area (Å²) in [6.45, 7) is 0.260. The zero-order chi connectivity index (χ0) is 18.6. The van der Waals surface area contributed by atoms with Gasteiger partial charge >= 0.3 is 0 Å². The van der Waals surface area contributed by atoms with Crippen LogP contribution in [0.25, 0.3) is 11.1 Å². The molecule has 5 heteroatoms. The van der Waals surface area contributed by atoms with Crippen molar-refractivity contribution in [3.8, 4) is 11.1 Å². The van der Waals surface area contributed by atoms with Crippen molar-refractivity contribution < 1.29 is 8.42 Å². The van der Waals surface area contributed by atoms with Crippen molar-refractivity contribution in [1.82, 2.24) is 4.72 Å². The van der Waals surface area contributed by atoms with Crippen molar-refractivity contribution in [2.75, 3.05) is 19.0 Å². The Kier molecular flexibility index (Phi) is 5.40. The summed E-state index contributed by atoms with van der Waals surface area (Å²) in [6.07, 6.45) is 0. The number of anilines is 1. The molecule has 0 aliphatic heterocycles. The first-order valence-corrected chi connectivity index (χ1v) is 9.85. The molecule has 0 atom stereocenters. The zero-order valence-corrected chi connectivity index (χ0v) is 15.7. The summed E-state index contributed by atoms with van der Waals surface area (Å²) in [5.41, 5.74) is 4.04. The molecule has 3 aromatic rings. The smallest absolute Gasteiger partial charge is 0.240 e. The average molecular weight is 366 g/mol. The van der Waals surface area contributed by atoms with Crippen LogP contribution in [0.3, 0.4) is 0 Å². The van der Waals surface area contributed by atoms with Crippen LogP contribution in [0.15, 0.2) is 83.8 Å². The van der Waals surface area contributed by atoms with Crippen LogP contribution in [0, 0.1) is 0 Å². The summed E-state index contributed by atoms with van der Waals surface area (Å²) in [6, 6.07) is 24.6. The molecule has 0 aliphatic carbocycles. The van der Waals surface area contributed by atoms with Crippen LogP contribution in [0.4, 0.5) is 5.69 Å². The SMILES string of the molecule is CN(C)c1ccc(CNS(=O)(=O)c2ccc(-c3ccccc3)cc2)cc1. The highest BCUT2D eigenvalue weighted by molar-refractivity contribution is 7.89. The lowest BCUT2D eigenvalue weighted by molar-refractivity contribution is 0.581. The van der Waals surface area contributed by atoms with Crippen LogP contribution in [-0.4, -0.2) is 22.5 Å². The van der Waals surface area contributed by atoms with Gasteiger partial charge in [-0.2, -0.15) is 0 Å². The highest BCUT2D eigenvalue weighted by Gasteiger charge is 2.13. The van der Waals surface area contributed by atoms with Gasteiger partial charge in [-0.05, 0) is 41.0 Å². The van der Waals surface area contributed by atoms with E-state index >= 15 is 0 Å². The summed E-state index contributed by atoms with van der Waals surface area (Å²) in [4.78, 5) is 2.27. The number of rotatable bonds is 6. The molecule has 0 amide bonds. The summed E-state index contributed by atoms with van der Waals surface area (Å²) in [7, 11) is 0.394. The van der Waals surface area contributed by atoms with Crippen LogP contribution in [0.2, 0.25) is 0 Å². The molecular formula is C21H22N2O2S. The minimum Gasteiger partial charge on any atom is -0.378 e. The largest absolute Gasteiger partial charge is 0.378 e. The van der Waals surface area contributed by atoms with E-state index in [9.17, 15) is 8.42 Å². The molecule has 0 heterocycles. The predicted octanol–water partition coefficient (Wildman–Crippen LogP) is 3.90. The van der Waals surface area contributed by atoms with Gasteiger partial charge in [0.15, 0.2) is 0 Å². The normalized spacial score (nSPS) is 11.3. The molecule has 0 radical (unpaired) electrons. The van der Waals surface area contributed by atoms with Gasteiger partial charge in [-0.3, -0.25) is 0 Å². The molecule has 0 saturated heterocycles. The van der Waals surface area contributed by atoms with Crippen LogP contribution in [-0.2, 0) is 16.6 Å². The number of benzene rings is 3. The molecule has 3 aromatic carbocycles. The van der Waals surface area contributed by atoms with Crippen molar-refractivity contribution in [1.29, 1.82) is 0 Å². The second kappa shape index (κ2) is 7.72. The molecule has 0 saturated carbocycles. The lowest BCUT2D eigenvalue weighted by atomic mass is 10.1. The summed E-state index contributed by atoms with van der Waals surface area (Å²) in [5.74, 6) is 0. The molecule has 0 bridgehead atoms. The van der Waals surface area contributed by atoms with E-state index in [4.69, 9.17) is 0 Å². The first-order valence-electron chi connectivity index (χ1n) is 8.37. The van der Waals surface area contributed by atoms with Crippen molar-refractivity contribution in [3.63, 3.8) is 0 Å². The lowest BCUT2D eigenvalue weighted by Crippen LogP contribution is -2.23. The van der Waals surface area contributed by atoms with E-state index in [1.807, 2.05) is 85.7 Å². The first-order chi connectivity index (χ1) is 12.5. The van der Waals surface area contributed by atoms with Crippen LogP contribution in [0.1, 0.15) is 5.56 Å². The fourth-order valence-corrected chi connectivity index (χ4v) is 3.65. The number of nitrogens with one attached hydrogen (secondary N) is 1. The first kappa shape index (κ1) is 18.2. The second-order valence-corrected chi connectivity index (χ2v) is 8.04. The Bertz CT molecular complexity index is 949. The van der Waals surface area contributed by atoms with E-state index in [1.54, 1.807) is 12.1 Å². The molecule has 0 aromatic heterocycles. The molecule has 0 unspecified atom stereocenters. The highest BCUT2D eigenvalue weighted by atomic mass is 32.2. The molecule has 26 heavy (non-hydrogen) atoms. The minimum absolute atomic E-state index is 0.260. The third-order valence-corrected chi connectivity index (χ3v) is 5.61. The monoisotopic (exact) mass is 366 g/mol.